The van der Waals surface area contributed by atoms with Gasteiger partial charge >= 0.3 is 0 Å². The van der Waals surface area contributed by atoms with Gasteiger partial charge in [-0.05, 0) is 35.9 Å². The maximum absolute atomic E-state index is 6.18. The molecule has 4 nitrogen and oxygen atoms in total. The highest BCUT2D eigenvalue weighted by molar-refractivity contribution is 6.42. The largest absolute Gasteiger partial charge is 0.399 e. The molecule has 0 spiro atoms. The molecule has 1 aromatic heterocycles. The van der Waals surface area contributed by atoms with E-state index in [9.17, 15) is 0 Å². The van der Waals surface area contributed by atoms with Gasteiger partial charge in [0.1, 0.15) is 5.82 Å². The van der Waals surface area contributed by atoms with Gasteiger partial charge in [-0.3, -0.25) is 5.10 Å². The maximum atomic E-state index is 6.18. The standard InChI is InChI=1S/C15H12Cl2N4/c16-12-3-1-2-10(14(12)17)8-13-19-15(21-20-13)9-4-6-11(18)7-5-9/h1-7H,8,18H2,(H,19,20,21). The number of nitrogen functional groups attached to an aromatic ring is 1. The number of nitrogens with zero attached hydrogens (tertiary/aromatic N) is 2. The second kappa shape index (κ2) is 5.76. The molecule has 0 atom stereocenters. The third-order valence-electron chi connectivity index (χ3n) is 3.09. The van der Waals surface area contributed by atoms with Gasteiger partial charge in [0, 0.05) is 17.7 Å². The van der Waals surface area contributed by atoms with Crippen LogP contribution >= 0.6 is 23.2 Å². The van der Waals surface area contributed by atoms with Gasteiger partial charge in [-0.25, -0.2) is 4.98 Å². The lowest BCUT2D eigenvalue weighted by atomic mass is 10.1. The number of aromatic amines is 1. The molecule has 0 fully saturated rings. The second-order valence-electron chi connectivity index (χ2n) is 4.62. The van der Waals surface area contributed by atoms with Crippen LogP contribution in [0, 0.1) is 0 Å². The predicted octanol–water partition coefficient (Wildman–Crippen LogP) is 3.95. The van der Waals surface area contributed by atoms with E-state index in [4.69, 9.17) is 28.9 Å². The van der Waals surface area contributed by atoms with Gasteiger partial charge in [0.05, 0.1) is 10.0 Å². The molecule has 2 aromatic carbocycles. The average molecular weight is 319 g/mol. The molecule has 0 saturated heterocycles. The number of nitrogens with two attached hydrogens (primary N) is 1. The smallest absolute Gasteiger partial charge is 0.181 e. The van der Waals surface area contributed by atoms with Crippen LogP contribution in [0.4, 0.5) is 5.69 Å². The molecule has 6 heteroatoms. The van der Waals surface area contributed by atoms with Gasteiger partial charge in [0.25, 0.3) is 0 Å². The molecule has 0 aliphatic rings. The number of aromatic nitrogens is 3. The van der Waals surface area contributed by atoms with Crippen LogP contribution < -0.4 is 5.73 Å². The fraction of sp³-hybridized carbons (Fsp3) is 0.0667. The molecule has 0 aliphatic heterocycles. The van der Waals surface area contributed by atoms with Gasteiger partial charge < -0.3 is 5.73 Å². The molecule has 3 rings (SSSR count). The summed E-state index contributed by atoms with van der Waals surface area (Å²) in [5.74, 6) is 1.36. The first-order valence-corrected chi connectivity index (χ1v) is 7.09. The maximum Gasteiger partial charge on any atom is 0.181 e. The summed E-state index contributed by atoms with van der Waals surface area (Å²) in [6, 6.07) is 12.9. The highest BCUT2D eigenvalue weighted by atomic mass is 35.5. The minimum Gasteiger partial charge on any atom is -0.399 e. The fourth-order valence-electron chi connectivity index (χ4n) is 2.00. The van der Waals surface area contributed by atoms with E-state index in [0.717, 1.165) is 17.0 Å². The van der Waals surface area contributed by atoms with E-state index in [1.165, 1.54) is 0 Å². The lowest BCUT2D eigenvalue weighted by Crippen LogP contribution is -1.92. The summed E-state index contributed by atoms with van der Waals surface area (Å²) < 4.78 is 0. The second-order valence-corrected chi connectivity index (χ2v) is 5.40. The number of hydrogen-bond donors (Lipinski definition) is 2. The SMILES string of the molecule is Nc1ccc(-c2n[nH]c(Cc3cccc(Cl)c3Cl)n2)cc1. The number of benzene rings is 2. The first-order chi connectivity index (χ1) is 10.1. The molecule has 0 bridgehead atoms. The lowest BCUT2D eigenvalue weighted by molar-refractivity contribution is 0.973. The van der Waals surface area contributed by atoms with Crippen molar-refractivity contribution in [3.8, 4) is 11.4 Å². The van der Waals surface area contributed by atoms with Crippen molar-refractivity contribution in [3.05, 3.63) is 63.9 Å². The Labute approximate surface area is 131 Å². The van der Waals surface area contributed by atoms with Crippen LogP contribution in [0.3, 0.4) is 0 Å². The highest BCUT2D eigenvalue weighted by Crippen LogP contribution is 2.27. The van der Waals surface area contributed by atoms with Crippen molar-refractivity contribution in [3.63, 3.8) is 0 Å². The Bertz CT molecular complexity index is 766. The molecule has 3 N–H and O–H groups in total. The van der Waals surface area contributed by atoms with Crippen molar-refractivity contribution >= 4 is 28.9 Å². The molecule has 0 unspecified atom stereocenters. The Morgan fingerprint density at radius 2 is 1.81 bits per heavy atom. The van der Waals surface area contributed by atoms with Crippen molar-refractivity contribution in [2.75, 3.05) is 5.73 Å². The summed E-state index contributed by atoms with van der Waals surface area (Å²) in [4.78, 5) is 4.47. The van der Waals surface area contributed by atoms with E-state index < -0.39 is 0 Å². The summed E-state index contributed by atoms with van der Waals surface area (Å²) in [5, 5.41) is 8.21. The number of nitrogens with one attached hydrogen (secondary N) is 1. The molecule has 0 aliphatic carbocycles. The first kappa shape index (κ1) is 13.9. The number of halogens is 2. The van der Waals surface area contributed by atoms with Crippen molar-refractivity contribution in [2.24, 2.45) is 0 Å². The minimum absolute atomic E-state index is 0.535. The highest BCUT2D eigenvalue weighted by Gasteiger charge is 2.10. The van der Waals surface area contributed by atoms with Crippen molar-refractivity contribution in [2.45, 2.75) is 6.42 Å². The van der Waals surface area contributed by atoms with Crippen LogP contribution in [0.1, 0.15) is 11.4 Å². The summed E-state index contributed by atoms with van der Waals surface area (Å²) in [7, 11) is 0. The summed E-state index contributed by atoms with van der Waals surface area (Å²) >= 11 is 12.2. The zero-order valence-electron chi connectivity index (χ0n) is 11.0. The third kappa shape index (κ3) is 3.01. The van der Waals surface area contributed by atoms with E-state index in [1.807, 2.05) is 36.4 Å². The van der Waals surface area contributed by atoms with Gasteiger partial charge in [-0.1, -0.05) is 35.3 Å². The zero-order valence-corrected chi connectivity index (χ0v) is 12.5. The van der Waals surface area contributed by atoms with Crippen LogP contribution in [-0.2, 0) is 6.42 Å². The molecule has 3 aromatic rings. The van der Waals surface area contributed by atoms with Crippen LogP contribution in [0.15, 0.2) is 42.5 Å². The monoisotopic (exact) mass is 318 g/mol. The van der Waals surface area contributed by atoms with Crippen molar-refractivity contribution < 1.29 is 0 Å². The Balaban J connectivity index is 1.85. The molecule has 21 heavy (non-hydrogen) atoms. The van der Waals surface area contributed by atoms with E-state index in [2.05, 4.69) is 15.2 Å². The quantitative estimate of drug-likeness (QED) is 0.718. The van der Waals surface area contributed by atoms with Crippen LogP contribution in [-0.4, -0.2) is 15.2 Å². The van der Waals surface area contributed by atoms with Crippen LogP contribution in [0.5, 0.6) is 0 Å². The Morgan fingerprint density at radius 3 is 2.57 bits per heavy atom. The van der Waals surface area contributed by atoms with Gasteiger partial charge in [0.2, 0.25) is 0 Å². The summed E-state index contributed by atoms with van der Waals surface area (Å²) in [6.45, 7) is 0. The number of rotatable bonds is 3. The molecular weight excluding hydrogens is 307 g/mol. The molecule has 1 heterocycles. The Hall–Kier alpha value is -2.04. The fourth-order valence-corrected chi connectivity index (χ4v) is 2.39. The van der Waals surface area contributed by atoms with Gasteiger partial charge in [-0.2, -0.15) is 5.10 Å². The Kier molecular flexibility index (Phi) is 3.82. The van der Waals surface area contributed by atoms with Crippen LogP contribution in [0.25, 0.3) is 11.4 Å². The lowest BCUT2D eigenvalue weighted by Gasteiger charge is -2.02. The molecule has 0 radical (unpaired) electrons. The molecule has 106 valence electrons. The average Bonchev–Trinajstić information content (AvgIpc) is 2.93. The third-order valence-corrected chi connectivity index (χ3v) is 3.95. The number of H-pyrrole nitrogens is 1. The van der Waals surface area contributed by atoms with E-state index in [-0.39, 0.29) is 0 Å². The van der Waals surface area contributed by atoms with E-state index in [1.54, 1.807) is 6.07 Å². The van der Waals surface area contributed by atoms with Crippen molar-refractivity contribution in [1.29, 1.82) is 0 Å². The number of anilines is 1. The molecule has 0 saturated carbocycles. The summed E-state index contributed by atoms with van der Waals surface area (Å²) in [5.41, 5.74) is 8.19. The summed E-state index contributed by atoms with van der Waals surface area (Å²) in [6.07, 6.45) is 0.543. The van der Waals surface area contributed by atoms with Crippen molar-refractivity contribution in [1.82, 2.24) is 15.2 Å². The zero-order chi connectivity index (χ0) is 14.8. The minimum atomic E-state index is 0.535. The Morgan fingerprint density at radius 1 is 1.05 bits per heavy atom. The van der Waals surface area contributed by atoms with E-state index >= 15 is 0 Å². The normalized spacial score (nSPS) is 10.8. The van der Waals surface area contributed by atoms with Gasteiger partial charge in [-0.15, -0.1) is 0 Å². The van der Waals surface area contributed by atoms with E-state index in [0.29, 0.717) is 28.0 Å². The predicted molar refractivity (Wildman–Crippen MR) is 85.5 cm³/mol. The molecule has 0 amide bonds. The molecular formula is C15H12Cl2N4. The number of hydrogen-bond acceptors (Lipinski definition) is 3. The van der Waals surface area contributed by atoms with Gasteiger partial charge in [0.15, 0.2) is 5.82 Å². The first-order valence-electron chi connectivity index (χ1n) is 6.33. The topological polar surface area (TPSA) is 67.6 Å². The van der Waals surface area contributed by atoms with Crippen LogP contribution in [0.2, 0.25) is 10.0 Å².